The summed E-state index contributed by atoms with van der Waals surface area (Å²) in [7, 11) is 0. The fraction of sp³-hybridized carbons (Fsp3) is 0.905. The van der Waals surface area contributed by atoms with Crippen LogP contribution in [-0.4, -0.2) is 107 Å². The molecular formula is C21H41BrMgO9. The van der Waals surface area contributed by atoms with Crippen LogP contribution < -0.4 is 17.0 Å². The van der Waals surface area contributed by atoms with Crippen LogP contribution in [0.5, 0.6) is 0 Å². The van der Waals surface area contributed by atoms with Gasteiger partial charge in [0.05, 0.1) is 32.0 Å². The van der Waals surface area contributed by atoms with Gasteiger partial charge in [0, 0.05) is 0 Å². The Bertz CT molecular complexity index is 485. The van der Waals surface area contributed by atoms with E-state index in [1.807, 2.05) is 27.7 Å². The zero-order valence-corrected chi connectivity index (χ0v) is 23.9. The van der Waals surface area contributed by atoms with E-state index in [1.165, 1.54) is 0 Å². The summed E-state index contributed by atoms with van der Waals surface area (Å²) in [4.78, 5) is 10.1. The minimum atomic E-state index is -0.564. The van der Waals surface area contributed by atoms with Crippen molar-refractivity contribution >= 4 is 29.3 Å². The maximum atomic E-state index is 10.1. The van der Waals surface area contributed by atoms with Crippen molar-refractivity contribution in [2.24, 2.45) is 0 Å². The number of hydrogen-bond donors (Lipinski definition) is 2. The first-order valence-corrected chi connectivity index (χ1v) is 9.93. The summed E-state index contributed by atoms with van der Waals surface area (Å²) in [6.07, 6.45) is -0.803. The van der Waals surface area contributed by atoms with Gasteiger partial charge in [0.25, 0.3) is 0 Å². The van der Waals surface area contributed by atoms with Gasteiger partial charge >= 0.3 is 23.1 Å². The van der Waals surface area contributed by atoms with Crippen molar-refractivity contribution in [3.05, 3.63) is 7.43 Å². The van der Waals surface area contributed by atoms with E-state index in [-0.39, 0.29) is 65.8 Å². The first kappa shape index (κ1) is 37.2. The fourth-order valence-corrected chi connectivity index (χ4v) is 2.69. The van der Waals surface area contributed by atoms with Crippen LogP contribution in [0.2, 0.25) is 0 Å². The summed E-state index contributed by atoms with van der Waals surface area (Å²) in [5, 5.41) is 18.2. The maximum Gasteiger partial charge on any atom is 2.00 e. The van der Waals surface area contributed by atoms with Crippen LogP contribution in [0, 0.1) is 7.43 Å². The SMILES string of the molecule is CC1(C)OC[C@H](C=O)O1.C[C@@H](O)[C@H]1COC(C)(C)O1.C[C@H](O)[C@H]1COC(C)(C)O1.[Br-].[CH3-].[Mg+2]. The number of carbonyl (C=O) groups is 1. The van der Waals surface area contributed by atoms with Gasteiger partial charge in [-0.05, 0) is 55.4 Å². The summed E-state index contributed by atoms with van der Waals surface area (Å²) in [6, 6.07) is 0. The minimum Gasteiger partial charge on any atom is -1.00 e. The molecule has 3 aliphatic rings. The molecule has 0 aromatic rings. The van der Waals surface area contributed by atoms with Crippen molar-refractivity contribution in [2.45, 2.75) is 103 Å². The van der Waals surface area contributed by atoms with E-state index in [9.17, 15) is 4.79 Å². The van der Waals surface area contributed by atoms with Gasteiger partial charge in [0.15, 0.2) is 23.6 Å². The Hall–Kier alpha value is 0.596. The van der Waals surface area contributed by atoms with E-state index in [0.29, 0.717) is 19.8 Å². The Balaban J connectivity index is -0.000000377. The zero-order valence-electron chi connectivity index (χ0n) is 20.9. The molecule has 188 valence electrons. The van der Waals surface area contributed by atoms with Crippen LogP contribution in [0.25, 0.3) is 0 Å². The third-order valence-electron chi connectivity index (χ3n) is 4.32. The second-order valence-electron chi connectivity index (χ2n) is 8.72. The molecule has 3 fully saturated rings. The molecule has 3 aliphatic heterocycles. The standard InChI is InChI=1S/2C7H14O3.C6H10O3.CH3.BrH.Mg/c2*1-5(8)6-4-9-7(2,3)10-6;1-6(2)8-4-5(3-7)9-6;;;/h2*5-6,8H,4H2,1-3H3;3,5H,4H2,1-2H3;1H3;1H;/q;;;-1;;+2/p-1/t5-,6+;5-,6-;5-;;;/m010.../s1. The normalized spacial score (nSPS) is 30.5. The first-order valence-electron chi connectivity index (χ1n) is 9.93. The predicted octanol–water partition coefficient (Wildman–Crippen LogP) is -1.55. The smallest absolute Gasteiger partial charge is 1.00 e. The number of carbonyl (C=O) groups excluding carboxylic acids is 1. The predicted molar refractivity (Wildman–Crippen MR) is 116 cm³/mol. The molecule has 2 N–H and O–H groups in total. The molecule has 0 saturated carbocycles. The van der Waals surface area contributed by atoms with Gasteiger partial charge in [0.1, 0.15) is 18.3 Å². The average Bonchev–Trinajstić information content (AvgIpc) is 3.24. The van der Waals surface area contributed by atoms with Crippen LogP contribution in [0.3, 0.4) is 0 Å². The summed E-state index contributed by atoms with van der Waals surface area (Å²) in [5.74, 6) is -1.59. The Labute approximate surface area is 219 Å². The molecule has 0 aliphatic carbocycles. The maximum absolute atomic E-state index is 10.1. The van der Waals surface area contributed by atoms with Crippen molar-refractivity contribution in [1.82, 2.24) is 0 Å². The van der Waals surface area contributed by atoms with Crippen molar-refractivity contribution in [3.8, 4) is 0 Å². The number of aliphatic hydroxyl groups is 2. The van der Waals surface area contributed by atoms with Gasteiger partial charge < -0.3 is 67.8 Å². The summed E-state index contributed by atoms with van der Waals surface area (Å²) in [6.45, 7) is 15.7. The molecule has 0 aromatic heterocycles. The monoisotopic (exact) mass is 540 g/mol. The second kappa shape index (κ2) is 15.6. The van der Waals surface area contributed by atoms with E-state index in [4.69, 9.17) is 38.6 Å². The largest absolute Gasteiger partial charge is 2.00 e. The molecule has 9 nitrogen and oxygen atoms in total. The van der Waals surface area contributed by atoms with Gasteiger partial charge in [-0.2, -0.15) is 0 Å². The third-order valence-corrected chi connectivity index (χ3v) is 4.32. The van der Waals surface area contributed by atoms with E-state index >= 15 is 0 Å². The van der Waals surface area contributed by atoms with Crippen molar-refractivity contribution in [1.29, 1.82) is 0 Å². The van der Waals surface area contributed by atoms with Crippen molar-refractivity contribution < 1.29 is 60.4 Å². The van der Waals surface area contributed by atoms with E-state index < -0.39 is 29.6 Å². The molecule has 3 saturated heterocycles. The Kier molecular flexibility index (Phi) is 18.1. The molecule has 5 atom stereocenters. The zero-order chi connectivity index (χ0) is 22.5. The van der Waals surface area contributed by atoms with E-state index in [2.05, 4.69) is 0 Å². The Morgan fingerprint density at radius 2 is 1.06 bits per heavy atom. The van der Waals surface area contributed by atoms with Gasteiger partial charge in [-0.3, -0.25) is 0 Å². The average molecular weight is 542 g/mol. The molecule has 3 heterocycles. The summed E-state index contributed by atoms with van der Waals surface area (Å²) < 4.78 is 31.3. The molecule has 0 amide bonds. The number of aldehydes is 1. The summed E-state index contributed by atoms with van der Waals surface area (Å²) in [5.41, 5.74) is 0. The number of rotatable bonds is 3. The number of halogens is 1. The Morgan fingerprint density at radius 3 is 1.19 bits per heavy atom. The molecule has 0 radical (unpaired) electrons. The number of ether oxygens (including phenoxy) is 6. The van der Waals surface area contributed by atoms with Gasteiger partial charge in [-0.25, -0.2) is 0 Å². The topological polar surface area (TPSA) is 113 Å². The number of hydrogen-bond acceptors (Lipinski definition) is 9. The van der Waals surface area contributed by atoms with E-state index in [1.54, 1.807) is 27.7 Å². The molecule has 0 bridgehead atoms. The van der Waals surface area contributed by atoms with Gasteiger partial charge in [-0.15, -0.1) is 0 Å². The van der Waals surface area contributed by atoms with Crippen LogP contribution in [0.1, 0.15) is 55.4 Å². The molecule has 11 heteroatoms. The number of aliphatic hydroxyl groups excluding tert-OH is 2. The first-order chi connectivity index (χ1) is 13.2. The van der Waals surface area contributed by atoms with Crippen LogP contribution in [-0.2, 0) is 33.2 Å². The molecule has 32 heavy (non-hydrogen) atoms. The third kappa shape index (κ3) is 14.1. The quantitative estimate of drug-likeness (QED) is 0.249. The van der Waals surface area contributed by atoms with Crippen LogP contribution >= 0.6 is 0 Å². The molecule has 3 rings (SSSR count). The summed E-state index contributed by atoms with van der Waals surface area (Å²) >= 11 is 0. The fourth-order valence-electron chi connectivity index (χ4n) is 2.69. The second-order valence-corrected chi connectivity index (χ2v) is 8.72. The van der Waals surface area contributed by atoms with Crippen LogP contribution in [0.15, 0.2) is 0 Å². The Morgan fingerprint density at radius 1 is 0.750 bits per heavy atom. The molecule has 0 unspecified atom stereocenters. The van der Waals surface area contributed by atoms with Gasteiger partial charge in [-0.1, -0.05) is 0 Å². The molecule has 0 spiro atoms. The van der Waals surface area contributed by atoms with Gasteiger partial charge in [0.2, 0.25) is 0 Å². The molecular weight excluding hydrogens is 500 g/mol. The minimum absolute atomic E-state index is 0. The molecule has 0 aromatic carbocycles. The van der Waals surface area contributed by atoms with Crippen molar-refractivity contribution in [2.75, 3.05) is 19.8 Å². The van der Waals surface area contributed by atoms with Crippen molar-refractivity contribution in [3.63, 3.8) is 0 Å². The van der Waals surface area contributed by atoms with Crippen LogP contribution in [0.4, 0.5) is 0 Å². The van der Waals surface area contributed by atoms with E-state index in [0.717, 1.165) is 6.29 Å².